The maximum Gasteiger partial charge on any atom is 0.229 e. The maximum atomic E-state index is 5.80. The zero-order valence-corrected chi connectivity index (χ0v) is 17.0. The van der Waals surface area contributed by atoms with Gasteiger partial charge < -0.3 is 15.8 Å². The molecule has 3 N–H and O–H groups in total. The Balaban J connectivity index is 1.50. The monoisotopic (exact) mass is 407 g/mol. The van der Waals surface area contributed by atoms with Crippen molar-refractivity contribution in [2.45, 2.75) is 0 Å². The number of nitrogens with one attached hydrogen (secondary N) is 1. The Kier molecular flexibility index (Phi) is 4.72. The third-order valence-electron chi connectivity index (χ3n) is 5.13. The molecule has 152 valence electrons. The molecule has 0 radical (unpaired) electrons. The van der Waals surface area contributed by atoms with Crippen LogP contribution < -0.4 is 15.8 Å². The Bertz CT molecular complexity index is 1340. The topological polar surface area (TPSA) is 77.5 Å². The lowest BCUT2D eigenvalue weighted by Gasteiger charge is -2.11. The van der Waals surface area contributed by atoms with Crippen molar-refractivity contribution in [3.8, 4) is 28.1 Å². The van der Waals surface area contributed by atoms with Gasteiger partial charge in [0.15, 0.2) is 0 Å². The number of nitrogens with two attached hydrogens (primary N) is 1. The largest absolute Gasteiger partial charge is 0.497 e. The van der Waals surface area contributed by atoms with Crippen molar-refractivity contribution < 1.29 is 4.74 Å². The van der Waals surface area contributed by atoms with E-state index in [2.05, 4.69) is 40.7 Å². The summed E-state index contributed by atoms with van der Waals surface area (Å²) < 4.78 is 7.12. The highest BCUT2D eigenvalue weighted by Crippen LogP contribution is 2.28. The molecule has 5 rings (SSSR count). The Morgan fingerprint density at radius 1 is 0.839 bits per heavy atom. The lowest BCUT2D eigenvalue weighted by atomic mass is 10.0. The van der Waals surface area contributed by atoms with Gasteiger partial charge in [0.05, 0.1) is 24.5 Å². The average Bonchev–Trinajstić information content (AvgIpc) is 3.30. The first-order chi connectivity index (χ1) is 15.2. The molecule has 0 atom stereocenters. The molecule has 0 aliphatic heterocycles. The highest BCUT2D eigenvalue weighted by atomic mass is 16.5. The van der Waals surface area contributed by atoms with Gasteiger partial charge in [0.2, 0.25) is 5.95 Å². The summed E-state index contributed by atoms with van der Waals surface area (Å²) in [4.78, 5) is 4.83. The number of nitrogen functional groups attached to an aromatic ring is 1. The van der Waals surface area contributed by atoms with Crippen LogP contribution in [0.5, 0.6) is 5.75 Å². The molecule has 3 aromatic carbocycles. The molecular formula is C25H21N5O. The molecule has 5 aromatic rings. The second kappa shape index (κ2) is 7.84. The summed E-state index contributed by atoms with van der Waals surface area (Å²) in [5.41, 5.74) is 12.5. The summed E-state index contributed by atoms with van der Waals surface area (Å²) in [5, 5.41) is 7.73. The van der Waals surface area contributed by atoms with E-state index < -0.39 is 0 Å². The van der Waals surface area contributed by atoms with Gasteiger partial charge >= 0.3 is 0 Å². The summed E-state index contributed by atoms with van der Waals surface area (Å²) in [6.45, 7) is 0. The fraction of sp³-hybridized carbons (Fsp3) is 0.0400. The predicted octanol–water partition coefficient (Wildman–Crippen LogP) is 5.40. The van der Waals surface area contributed by atoms with Crippen LogP contribution in [0.3, 0.4) is 0 Å². The van der Waals surface area contributed by atoms with Gasteiger partial charge in [-0.1, -0.05) is 36.4 Å². The molecule has 31 heavy (non-hydrogen) atoms. The fourth-order valence-corrected chi connectivity index (χ4v) is 3.49. The summed E-state index contributed by atoms with van der Waals surface area (Å²) in [6.07, 6.45) is 1.76. The fourth-order valence-electron chi connectivity index (χ4n) is 3.49. The number of hydrogen-bond acceptors (Lipinski definition) is 5. The molecule has 6 nitrogen and oxygen atoms in total. The summed E-state index contributed by atoms with van der Waals surface area (Å²) in [6, 6.07) is 27.9. The summed E-state index contributed by atoms with van der Waals surface area (Å²) >= 11 is 0. The minimum Gasteiger partial charge on any atom is -0.497 e. The van der Waals surface area contributed by atoms with Crippen LogP contribution in [0.25, 0.3) is 27.9 Å². The van der Waals surface area contributed by atoms with E-state index in [4.69, 9.17) is 15.5 Å². The van der Waals surface area contributed by atoms with E-state index in [0.717, 1.165) is 39.3 Å². The van der Waals surface area contributed by atoms with Crippen LogP contribution in [0, 0.1) is 0 Å². The second-order valence-corrected chi connectivity index (χ2v) is 7.19. The number of rotatable bonds is 5. The van der Waals surface area contributed by atoms with Crippen molar-refractivity contribution in [3.05, 3.63) is 91.1 Å². The highest BCUT2D eigenvalue weighted by Gasteiger charge is 2.10. The standard InChI is InChI=1S/C25H21N5O/c1-31-23-4-2-3-19(15-23)17-5-7-18(8-6-17)24-16-22-13-14-27-30(22)25(29-24)28-21-11-9-20(26)10-12-21/h2-16H,26H2,1H3,(H,28,29). The minimum absolute atomic E-state index is 0.638. The molecule has 0 saturated carbocycles. The Morgan fingerprint density at radius 3 is 2.39 bits per heavy atom. The number of benzene rings is 3. The molecule has 0 bridgehead atoms. The molecular weight excluding hydrogens is 386 g/mol. The van der Waals surface area contributed by atoms with Crippen molar-refractivity contribution in [2.24, 2.45) is 0 Å². The minimum atomic E-state index is 0.638. The second-order valence-electron chi connectivity index (χ2n) is 7.19. The Hall–Kier alpha value is -4.32. The van der Waals surface area contributed by atoms with Gasteiger partial charge in [0.1, 0.15) is 5.75 Å². The number of anilines is 3. The van der Waals surface area contributed by atoms with E-state index in [1.807, 2.05) is 54.6 Å². The van der Waals surface area contributed by atoms with Gasteiger partial charge in [-0.2, -0.15) is 5.10 Å². The van der Waals surface area contributed by atoms with Crippen molar-refractivity contribution >= 4 is 22.8 Å². The lowest BCUT2D eigenvalue weighted by molar-refractivity contribution is 0.415. The van der Waals surface area contributed by atoms with E-state index in [1.54, 1.807) is 17.8 Å². The Labute approximate surface area is 179 Å². The van der Waals surface area contributed by atoms with Gasteiger partial charge in [-0.3, -0.25) is 0 Å². The quantitative estimate of drug-likeness (QED) is 0.382. The van der Waals surface area contributed by atoms with Crippen LogP contribution in [0.4, 0.5) is 17.3 Å². The first-order valence-corrected chi connectivity index (χ1v) is 9.92. The number of fused-ring (bicyclic) bond motifs is 1. The number of methoxy groups -OCH3 is 1. The number of hydrogen-bond donors (Lipinski definition) is 2. The molecule has 0 saturated heterocycles. The molecule has 6 heteroatoms. The van der Waals surface area contributed by atoms with Crippen molar-refractivity contribution in [2.75, 3.05) is 18.2 Å². The van der Waals surface area contributed by atoms with E-state index in [1.165, 1.54) is 0 Å². The van der Waals surface area contributed by atoms with E-state index in [0.29, 0.717) is 11.6 Å². The molecule has 0 aliphatic carbocycles. The van der Waals surface area contributed by atoms with Gasteiger partial charge in [-0.05, 0) is 59.7 Å². The van der Waals surface area contributed by atoms with E-state index in [-0.39, 0.29) is 0 Å². The molecule has 0 aliphatic rings. The van der Waals surface area contributed by atoms with Crippen LogP contribution >= 0.6 is 0 Å². The van der Waals surface area contributed by atoms with Crippen LogP contribution in [0.2, 0.25) is 0 Å². The third-order valence-corrected chi connectivity index (χ3v) is 5.13. The zero-order valence-electron chi connectivity index (χ0n) is 17.0. The first kappa shape index (κ1) is 18.7. The van der Waals surface area contributed by atoms with Gasteiger partial charge in [0.25, 0.3) is 0 Å². The van der Waals surface area contributed by atoms with Crippen molar-refractivity contribution in [3.63, 3.8) is 0 Å². The molecule has 0 spiro atoms. The maximum absolute atomic E-state index is 5.80. The zero-order chi connectivity index (χ0) is 21.2. The SMILES string of the molecule is COc1cccc(-c2ccc(-c3cc4ccnn4c(Nc4ccc(N)cc4)n3)cc2)c1. The van der Waals surface area contributed by atoms with Crippen LogP contribution in [0.15, 0.2) is 91.1 Å². The summed E-state index contributed by atoms with van der Waals surface area (Å²) in [7, 11) is 1.68. The average molecular weight is 407 g/mol. The first-order valence-electron chi connectivity index (χ1n) is 9.92. The van der Waals surface area contributed by atoms with E-state index in [9.17, 15) is 0 Å². The molecule has 2 aromatic heterocycles. The van der Waals surface area contributed by atoms with Crippen LogP contribution in [-0.2, 0) is 0 Å². The van der Waals surface area contributed by atoms with Gasteiger partial charge in [-0.25, -0.2) is 9.50 Å². The molecule has 2 heterocycles. The van der Waals surface area contributed by atoms with Crippen LogP contribution in [-0.4, -0.2) is 21.7 Å². The molecule has 0 amide bonds. The number of nitrogens with zero attached hydrogens (tertiary/aromatic N) is 3. The normalized spacial score (nSPS) is 10.9. The Morgan fingerprint density at radius 2 is 1.61 bits per heavy atom. The predicted molar refractivity (Wildman–Crippen MR) is 125 cm³/mol. The van der Waals surface area contributed by atoms with Crippen LogP contribution in [0.1, 0.15) is 0 Å². The molecule has 0 fully saturated rings. The number of aromatic nitrogens is 3. The summed E-state index contributed by atoms with van der Waals surface area (Å²) in [5.74, 6) is 1.48. The van der Waals surface area contributed by atoms with Gasteiger partial charge in [-0.15, -0.1) is 0 Å². The van der Waals surface area contributed by atoms with Crippen molar-refractivity contribution in [1.29, 1.82) is 0 Å². The van der Waals surface area contributed by atoms with Gasteiger partial charge in [0, 0.05) is 16.9 Å². The number of ether oxygens (including phenoxy) is 1. The van der Waals surface area contributed by atoms with Crippen molar-refractivity contribution in [1.82, 2.24) is 14.6 Å². The lowest BCUT2D eigenvalue weighted by Crippen LogP contribution is -2.04. The third kappa shape index (κ3) is 3.79. The van der Waals surface area contributed by atoms with E-state index >= 15 is 0 Å². The molecule has 0 unspecified atom stereocenters. The smallest absolute Gasteiger partial charge is 0.229 e. The highest BCUT2D eigenvalue weighted by molar-refractivity contribution is 5.73.